The first kappa shape index (κ1) is 22.3. The van der Waals surface area contributed by atoms with Crippen molar-refractivity contribution in [2.75, 3.05) is 12.3 Å². The number of primary amides is 1. The second-order valence-corrected chi connectivity index (χ2v) is 7.28. The minimum absolute atomic E-state index is 0.00429. The van der Waals surface area contributed by atoms with Crippen molar-refractivity contribution in [2.45, 2.75) is 6.92 Å². The zero-order valence-electron chi connectivity index (χ0n) is 18.1. The first-order chi connectivity index (χ1) is 16.3. The predicted molar refractivity (Wildman–Crippen MR) is 127 cm³/mol. The number of aromatic nitrogens is 3. The number of H-pyrrole nitrogens is 2. The smallest absolute Gasteiger partial charge is 0.342 e. The summed E-state index contributed by atoms with van der Waals surface area (Å²) in [6.45, 7) is 1.58. The lowest BCUT2D eigenvalue weighted by molar-refractivity contribution is 0.0528. The molecule has 0 saturated carbocycles. The van der Waals surface area contributed by atoms with Crippen molar-refractivity contribution in [1.82, 2.24) is 14.8 Å². The fraction of sp³-hybridized carbons (Fsp3) is 0.0833. The van der Waals surface area contributed by atoms with Crippen molar-refractivity contribution < 1.29 is 14.3 Å². The lowest BCUT2D eigenvalue weighted by atomic mass is 9.93. The highest BCUT2D eigenvalue weighted by Crippen LogP contribution is 2.34. The van der Waals surface area contributed by atoms with Crippen molar-refractivity contribution in [3.8, 4) is 28.1 Å². The second-order valence-electron chi connectivity index (χ2n) is 7.28. The first-order valence-corrected chi connectivity index (χ1v) is 10.3. The Hall–Kier alpha value is -4.86. The maximum atomic E-state index is 13.8. The number of nitrogens with zero attached hydrogens (tertiary/aromatic N) is 1. The Bertz CT molecular complexity index is 1500. The quantitative estimate of drug-likeness (QED) is 0.322. The van der Waals surface area contributed by atoms with E-state index >= 15 is 0 Å². The molecular weight excluding hydrogens is 438 g/mol. The molecule has 0 bridgehead atoms. The normalized spacial score (nSPS) is 10.7. The Balaban J connectivity index is 2.20. The molecule has 4 aromatic rings. The Kier molecular flexibility index (Phi) is 5.88. The summed E-state index contributed by atoms with van der Waals surface area (Å²) in [5, 5.41) is 3.03. The van der Waals surface area contributed by atoms with Gasteiger partial charge in [-0.15, -0.1) is 0 Å². The lowest BCUT2D eigenvalue weighted by Gasteiger charge is -2.14. The van der Waals surface area contributed by atoms with Gasteiger partial charge in [0, 0.05) is 11.1 Å². The van der Waals surface area contributed by atoms with E-state index in [4.69, 9.17) is 16.2 Å². The summed E-state index contributed by atoms with van der Waals surface area (Å²) in [4.78, 5) is 54.0. The van der Waals surface area contributed by atoms with Crippen LogP contribution in [0.2, 0.25) is 0 Å². The maximum absolute atomic E-state index is 13.8. The maximum Gasteiger partial charge on any atom is 0.342 e. The van der Waals surface area contributed by atoms with Gasteiger partial charge in [0.1, 0.15) is 16.9 Å². The van der Waals surface area contributed by atoms with Gasteiger partial charge in [-0.25, -0.2) is 9.48 Å². The standard InChI is InChI=1S/C24H21N5O5/c1-2-34-24(33)17-15(18(21(26)30)22(31)27-20(17)25)16-19(13-9-5-3-6-10-13)28-29(23(16)32)14-11-7-4-8-12-14/h3-12,28H,2H2,1H3,(H2,26,30)(H3,25,27,31). The number of carbonyl (C=O) groups excluding carboxylic acids is 2. The van der Waals surface area contributed by atoms with Crippen LogP contribution in [-0.4, -0.2) is 33.2 Å². The monoisotopic (exact) mass is 459 g/mol. The number of amides is 1. The molecule has 0 spiro atoms. The highest BCUT2D eigenvalue weighted by Gasteiger charge is 2.32. The Morgan fingerprint density at radius 2 is 1.56 bits per heavy atom. The van der Waals surface area contributed by atoms with Crippen LogP contribution in [0.15, 0.2) is 70.3 Å². The second kappa shape index (κ2) is 8.94. The summed E-state index contributed by atoms with van der Waals surface area (Å²) in [7, 11) is 0. The van der Waals surface area contributed by atoms with E-state index in [1.807, 2.05) is 0 Å². The van der Waals surface area contributed by atoms with Gasteiger partial charge in [-0.2, -0.15) is 0 Å². The van der Waals surface area contributed by atoms with Gasteiger partial charge in [-0.3, -0.25) is 19.5 Å². The van der Waals surface area contributed by atoms with Crippen molar-refractivity contribution >= 4 is 17.7 Å². The van der Waals surface area contributed by atoms with Gasteiger partial charge in [0.15, 0.2) is 0 Å². The van der Waals surface area contributed by atoms with Crippen LogP contribution >= 0.6 is 0 Å². The first-order valence-electron chi connectivity index (χ1n) is 10.3. The molecule has 2 aromatic carbocycles. The molecule has 2 aromatic heterocycles. The predicted octanol–water partition coefficient (Wildman–Crippen LogP) is 2.05. The number of rotatable bonds is 6. The third kappa shape index (κ3) is 3.77. The van der Waals surface area contributed by atoms with Crippen molar-refractivity contribution in [3.63, 3.8) is 0 Å². The summed E-state index contributed by atoms with van der Waals surface area (Å²) < 4.78 is 6.36. The van der Waals surface area contributed by atoms with Gasteiger partial charge in [0.25, 0.3) is 17.0 Å². The summed E-state index contributed by atoms with van der Waals surface area (Å²) in [5.74, 6) is -2.40. The van der Waals surface area contributed by atoms with E-state index in [1.165, 1.54) is 4.68 Å². The van der Waals surface area contributed by atoms with E-state index in [1.54, 1.807) is 67.6 Å². The van der Waals surface area contributed by atoms with E-state index in [-0.39, 0.29) is 34.8 Å². The van der Waals surface area contributed by atoms with Crippen LogP contribution in [0, 0.1) is 0 Å². The fourth-order valence-electron chi connectivity index (χ4n) is 3.76. The molecular formula is C24H21N5O5. The molecule has 6 N–H and O–H groups in total. The molecule has 0 aliphatic rings. The molecule has 172 valence electrons. The minimum atomic E-state index is -1.13. The highest BCUT2D eigenvalue weighted by atomic mass is 16.5. The van der Waals surface area contributed by atoms with Gasteiger partial charge < -0.3 is 21.2 Å². The highest BCUT2D eigenvalue weighted by molar-refractivity contribution is 6.10. The molecule has 0 atom stereocenters. The number of benzene rings is 2. The van der Waals surface area contributed by atoms with Crippen molar-refractivity contribution in [1.29, 1.82) is 0 Å². The molecule has 0 radical (unpaired) electrons. The molecule has 1 amide bonds. The van der Waals surface area contributed by atoms with Crippen LogP contribution in [-0.2, 0) is 4.74 Å². The minimum Gasteiger partial charge on any atom is -0.462 e. The molecule has 0 unspecified atom stereocenters. The number of esters is 1. The number of nitrogens with one attached hydrogen (secondary N) is 2. The van der Waals surface area contributed by atoms with E-state index in [2.05, 4.69) is 10.1 Å². The fourth-order valence-corrected chi connectivity index (χ4v) is 3.76. The van der Waals surface area contributed by atoms with Crippen LogP contribution < -0.4 is 22.6 Å². The summed E-state index contributed by atoms with van der Waals surface area (Å²) >= 11 is 0. The van der Waals surface area contributed by atoms with Crippen LogP contribution in [0.25, 0.3) is 28.1 Å². The van der Waals surface area contributed by atoms with Gasteiger partial charge in [0.2, 0.25) is 0 Å². The number of hydrogen-bond donors (Lipinski definition) is 4. The lowest BCUT2D eigenvalue weighted by Crippen LogP contribution is -2.30. The van der Waals surface area contributed by atoms with Crippen molar-refractivity contribution in [2.24, 2.45) is 5.73 Å². The van der Waals surface area contributed by atoms with Gasteiger partial charge in [0.05, 0.1) is 23.6 Å². The zero-order chi connectivity index (χ0) is 24.4. The number of nitrogens with two attached hydrogens (primary N) is 2. The molecule has 0 aliphatic carbocycles. The number of carbonyl (C=O) groups is 2. The number of anilines is 1. The van der Waals surface area contributed by atoms with E-state index < -0.39 is 28.6 Å². The largest absolute Gasteiger partial charge is 0.462 e. The molecule has 34 heavy (non-hydrogen) atoms. The van der Waals surface area contributed by atoms with Crippen LogP contribution in [0.5, 0.6) is 0 Å². The number of para-hydroxylation sites is 1. The van der Waals surface area contributed by atoms with E-state index in [0.29, 0.717) is 11.3 Å². The average molecular weight is 459 g/mol. The third-order valence-corrected chi connectivity index (χ3v) is 5.19. The summed E-state index contributed by atoms with van der Waals surface area (Å²) in [6, 6.07) is 17.4. The van der Waals surface area contributed by atoms with Gasteiger partial charge in [-0.05, 0) is 19.1 Å². The molecule has 10 nitrogen and oxygen atoms in total. The molecule has 0 aliphatic heterocycles. The number of ether oxygens (including phenoxy) is 1. The average Bonchev–Trinajstić information content (AvgIpc) is 3.16. The molecule has 4 rings (SSSR count). The van der Waals surface area contributed by atoms with Crippen molar-refractivity contribution in [3.05, 3.63) is 92.5 Å². The van der Waals surface area contributed by atoms with E-state index in [0.717, 1.165) is 0 Å². The van der Waals surface area contributed by atoms with Gasteiger partial charge >= 0.3 is 5.97 Å². The Morgan fingerprint density at radius 1 is 0.941 bits per heavy atom. The number of nitrogen functional groups attached to an aromatic ring is 1. The van der Waals surface area contributed by atoms with E-state index in [9.17, 15) is 19.2 Å². The topological polar surface area (TPSA) is 166 Å². The third-order valence-electron chi connectivity index (χ3n) is 5.19. The Labute approximate surface area is 192 Å². The Morgan fingerprint density at radius 3 is 2.15 bits per heavy atom. The zero-order valence-corrected chi connectivity index (χ0v) is 18.1. The molecule has 2 heterocycles. The number of hydrogen-bond acceptors (Lipinski definition) is 6. The summed E-state index contributed by atoms with van der Waals surface area (Å²) in [6.07, 6.45) is 0. The van der Waals surface area contributed by atoms with Gasteiger partial charge in [-0.1, -0.05) is 48.5 Å². The SMILES string of the molecule is CCOC(=O)c1c(N)[nH]c(=O)c(C(N)=O)c1-c1c(-c2ccccc2)[nH]n(-c2ccccc2)c1=O. The molecule has 10 heteroatoms. The number of aromatic amines is 2. The molecule has 0 fully saturated rings. The van der Waals surface area contributed by atoms with Crippen LogP contribution in [0.4, 0.5) is 5.82 Å². The summed E-state index contributed by atoms with van der Waals surface area (Å²) in [5.41, 5.74) is 9.96. The van der Waals surface area contributed by atoms with Crippen LogP contribution in [0.3, 0.4) is 0 Å². The number of pyridine rings is 1. The molecule has 0 saturated heterocycles. The van der Waals surface area contributed by atoms with Crippen LogP contribution in [0.1, 0.15) is 27.6 Å².